The van der Waals surface area contributed by atoms with E-state index in [9.17, 15) is 0 Å². The number of hydrogen-bond donors (Lipinski definition) is 0. The van der Waals surface area contributed by atoms with Gasteiger partial charge in [-0.2, -0.15) is 5.10 Å². The van der Waals surface area contributed by atoms with Gasteiger partial charge in [-0.3, -0.25) is 0 Å². The van der Waals surface area contributed by atoms with Crippen LogP contribution in [0, 0.1) is 5.41 Å². The number of fused-ring (bicyclic) bond motifs is 3. The highest BCUT2D eigenvalue weighted by atomic mass is 16.5. The summed E-state index contributed by atoms with van der Waals surface area (Å²) >= 11 is 0. The Balaban J connectivity index is 1.41. The van der Waals surface area contributed by atoms with Crippen molar-refractivity contribution in [2.75, 3.05) is 44.9 Å². The highest BCUT2D eigenvalue weighted by Crippen LogP contribution is 2.61. The molecule has 6 rings (SSSR count). The van der Waals surface area contributed by atoms with Crippen LogP contribution in [0.4, 0.5) is 5.69 Å². The summed E-state index contributed by atoms with van der Waals surface area (Å²) in [5.41, 5.74) is 4.93. The van der Waals surface area contributed by atoms with E-state index < -0.39 is 0 Å². The minimum Gasteiger partial charge on any atom is -0.383 e. The van der Waals surface area contributed by atoms with Gasteiger partial charge in [0.1, 0.15) is 5.52 Å². The zero-order chi connectivity index (χ0) is 21.8. The molecular formula is C24H32N6O2. The maximum Gasteiger partial charge on any atom is 0.164 e. The normalized spacial score (nSPS) is 27.6. The van der Waals surface area contributed by atoms with Crippen LogP contribution in [0.15, 0.2) is 24.7 Å². The Bertz CT molecular complexity index is 1120. The molecule has 8 nitrogen and oxygen atoms in total. The van der Waals surface area contributed by atoms with E-state index in [1.807, 2.05) is 11.0 Å². The Morgan fingerprint density at radius 3 is 2.69 bits per heavy atom. The quantitative estimate of drug-likeness (QED) is 0.590. The average molecular weight is 437 g/mol. The van der Waals surface area contributed by atoms with Crippen LogP contribution in [0.2, 0.25) is 0 Å². The fraction of sp³-hybridized carbons (Fsp3) is 0.625. The molecule has 3 aromatic heterocycles. The van der Waals surface area contributed by atoms with Crippen LogP contribution in [0.3, 0.4) is 0 Å². The van der Waals surface area contributed by atoms with Crippen LogP contribution in [-0.4, -0.2) is 64.3 Å². The van der Waals surface area contributed by atoms with Crippen LogP contribution in [0.5, 0.6) is 0 Å². The van der Waals surface area contributed by atoms with Crippen LogP contribution >= 0.6 is 0 Å². The predicted molar refractivity (Wildman–Crippen MR) is 122 cm³/mol. The lowest BCUT2D eigenvalue weighted by atomic mass is 9.81. The van der Waals surface area contributed by atoms with Crippen LogP contribution in [-0.2, 0) is 21.4 Å². The first kappa shape index (κ1) is 20.2. The fourth-order valence-electron chi connectivity index (χ4n) is 6.10. The molecule has 0 unspecified atom stereocenters. The fourth-order valence-corrected chi connectivity index (χ4v) is 6.10. The molecule has 3 aromatic rings. The van der Waals surface area contributed by atoms with Gasteiger partial charge >= 0.3 is 0 Å². The molecule has 4 heterocycles. The second-order valence-electron chi connectivity index (χ2n) is 10.1. The molecule has 3 aliphatic rings. The number of nitrogens with zero attached hydrogens (tertiary/aromatic N) is 6. The largest absolute Gasteiger partial charge is 0.383 e. The van der Waals surface area contributed by atoms with Crippen molar-refractivity contribution in [3.63, 3.8) is 0 Å². The van der Waals surface area contributed by atoms with Gasteiger partial charge in [-0.15, -0.1) is 0 Å². The molecule has 0 spiro atoms. The summed E-state index contributed by atoms with van der Waals surface area (Å²) in [4.78, 5) is 12.1. The Hall–Kier alpha value is -2.45. The van der Waals surface area contributed by atoms with E-state index in [4.69, 9.17) is 24.5 Å². The molecule has 1 aliphatic heterocycles. The Kier molecular flexibility index (Phi) is 4.76. The number of ether oxygens (including phenoxy) is 2. The van der Waals surface area contributed by atoms with Gasteiger partial charge < -0.3 is 18.9 Å². The van der Waals surface area contributed by atoms with Gasteiger partial charge in [0, 0.05) is 44.4 Å². The number of rotatable bonds is 6. The highest BCUT2D eigenvalue weighted by molar-refractivity contribution is 5.87. The Morgan fingerprint density at radius 2 is 1.97 bits per heavy atom. The van der Waals surface area contributed by atoms with E-state index >= 15 is 0 Å². The molecule has 3 fully saturated rings. The Labute approximate surface area is 188 Å². The lowest BCUT2D eigenvalue weighted by Crippen LogP contribution is -2.36. The minimum absolute atomic E-state index is 0.261. The summed E-state index contributed by atoms with van der Waals surface area (Å²) in [5, 5.41) is 5.09. The van der Waals surface area contributed by atoms with Crippen LogP contribution < -0.4 is 4.90 Å². The van der Waals surface area contributed by atoms with Crippen molar-refractivity contribution >= 4 is 16.9 Å². The van der Waals surface area contributed by atoms with Crippen LogP contribution in [0.1, 0.15) is 44.7 Å². The summed E-state index contributed by atoms with van der Waals surface area (Å²) in [6, 6.07) is 4.36. The summed E-state index contributed by atoms with van der Waals surface area (Å²) < 4.78 is 14.9. The van der Waals surface area contributed by atoms with Gasteiger partial charge in [0.2, 0.25) is 0 Å². The van der Waals surface area contributed by atoms with E-state index in [0.717, 1.165) is 55.5 Å². The number of anilines is 1. The number of aromatic nitrogens is 5. The second-order valence-corrected chi connectivity index (χ2v) is 10.1. The molecule has 2 bridgehead atoms. The maximum atomic E-state index is 5.59. The molecule has 2 saturated carbocycles. The van der Waals surface area contributed by atoms with Gasteiger partial charge in [0.05, 0.1) is 37.5 Å². The number of morpholine rings is 1. The second kappa shape index (κ2) is 7.56. The predicted octanol–water partition coefficient (Wildman–Crippen LogP) is 3.32. The number of imidazole rings is 1. The third kappa shape index (κ3) is 3.23. The molecule has 0 amide bonds. The SMILES string of the molecule is COCCn1cnc2c(N3CCOCC3)cc(-n3ccc(C45CCC(C)(CC4)C5)n3)nc21. The van der Waals surface area contributed by atoms with E-state index in [1.54, 1.807) is 7.11 Å². The van der Waals surface area contributed by atoms with E-state index in [1.165, 1.54) is 37.8 Å². The summed E-state index contributed by atoms with van der Waals surface area (Å²) in [7, 11) is 1.72. The van der Waals surface area contributed by atoms with Gasteiger partial charge in [-0.1, -0.05) is 6.92 Å². The first-order valence-electron chi connectivity index (χ1n) is 11.8. The summed E-state index contributed by atoms with van der Waals surface area (Å²) in [6.45, 7) is 6.97. The third-order valence-electron chi connectivity index (χ3n) is 7.97. The number of pyridine rings is 1. The molecule has 0 N–H and O–H groups in total. The smallest absolute Gasteiger partial charge is 0.164 e. The maximum absolute atomic E-state index is 5.59. The number of methoxy groups -OCH3 is 1. The number of hydrogen-bond acceptors (Lipinski definition) is 6. The minimum atomic E-state index is 0.261. The zero-order valence-electron chi connectivity index (χ0n) is 19.1. The van der Waals surface area contributed by atoms with Crippen molar-refractivity contribution in [3.05, 3.63) is 30.4 Å². The van der Waals surface area contributed by atoms with Crippen molar-refractivity contribution in [1.82, 2.24) is 24.3 Å². The molecule has 32 heavy (non-hydrogen) atoms. The summed E-state index contributed by atoms with van der Waals surface area (Å²) in [5.74, 6) is 0.847. The molecule has 2 aliphatic carbocycles. The summed E-state index contributed by atoms with van der Waals surface area (Å²) in [6.07, 6.45) is 10.4. The Morgan fingerprint density at radius 1 is 1.16 bits per heavy atom. The van der Waals surface area contributed by atoms with E-state index in [0.29, 0.717) is 12.0 Å². The monoisotopic (exact) mass is 436 g/mol. The molecular weight excluding hydrogens is 404 g/mol. The van der Waals surface area contributed by atoms with Crippen molar-refractivity contribution in [2.45, 2.75) is 51.0 Å². The van der Waals surface area contributed by atoms with Gasteiger partial charge in [-0.05, 0) is 43.6 Å². The lowest BCUT2D eigenvalue weighted by molar-refractivity contribution is 0.123. The third-order valence-corrected chi connectivity index (χ3v) is 7.97. The zero-order valence-corrected chi connectivity index (χ0v) is 19.1. The van der Waals surface area contributed by atoms with Gasteiger partial charge in [-0.25, -0.2) is 14.6 Å². The van der Waals surface area contributed by atoms with Crippen molar-refractivity contribution < 1.29 is 9.47 Å². The van der Waals surface area contributed by atoms with E-state index in [2.05, 4.69) is 34.7 Å². The van der Waals surface area contributed by atoms with Crippen molar-refractivity contribution in [1.29, 1.82) is 0 Å². The van der Waals surface area contributed by atoms with Crippen molar-refractivity contribution in [3.8, 4) is 5.82 Å². The van der Waals surface area contributed by atoms with Crippen LogP contribution in [0.25, 0.3) is 17.0 Å². The molecule has 8 heteroatoms. The first-order valence-corrected chi connectivity index (χ1v) is 11.8. The van der Waals surface area contributed by atoms with E-state index in [-0.39, 0.29) is 5.41 Å². The molecule has 170 valence electrons. The van der Waals surface area contributed by atoms with Gasteiger partial charge in [0.15, 0.2) is 11.5 Å². The standard InChI is InChI=1S/C24H32N6O2/c1-23-4-6-24(16-23,7-5-23)19-3-8-30(27-19)20-15-18(28-10-13-32-14-11-28)21-22(26-20)29(17-25-21)9-12-31-2/h3,8,15,17H,4-7,9-14,16H2,1-2H3. The molecule has 1 saturated heterocycles. The topological polar surface area (TPSA) is 70.2 Å². The highest BCUT2D eigenvalue weighted by Gasteiger charge is 2.53. The average Bonchev–Trinajstić information content (AvgIpc) is 3.59. The molecule has 0 aromatic carbocycles. The molecule has 0 radical (unpaired) electrons. The van der Waals surface area contributed by atoms with Crippen molar-refractivity contribution in [2.24, 2.45) is 5.41 Å². The molecule has 0 atom stereocenters. The first-order chi connectivity index (χ1) is 15.6. The van der Waals surface area contributed by atoms with Gasteiger partial charge in [0.25, 0.3) is 0 Å². The lowest BCUT2D eigenvalue weighted by Gasteiger charge is -2.29.